The molecule has 1 aliphatic rings. The molecule has 30 heavy (non-hydrogen) atoms. The first-order valence-corrected chi connectivity index (χ1v) is 10.9. The highest BCUT2D eigenvalue weighted by Crippen LogP contribution is 2.34. The van der Waals surface area contributed by atoms with Crippen molar-refractivity contribution in [1.82, 2.24) is 10.6 Å². The summed E-state index contributed by atoms with van der Waals surface area (Å²) in [6.07, 6.45) is 2.57. The lowest BCUT2D eigenvalue weighted by Crippen LogP contribution is -2.49. The lowest BCUT2D eigenvalue weighted by Gasteiger charge is -2.40. The molecule has 2 unspecified atom stereocenters. The van der Waals surface area contributed by atoms with Gasteiger partial charge in [0.05, 0.1) is 20.3 Å². The molecule has 0 amide bonds. The number of nitrogens with zero attached hydrogens (tertiary/aromatic N) is 1. The maximum absolute atomic E-state index is 6.11. The molecule has 0 bridgehead atoms. The Bertz CT molecular complexity index is 710. The van der Waals surface area contributed by atoms with Crippen LogP contribution in [-0.4, -0.2) is 53.0 Å². The Morgan fingerprint density at radius 2 is 1.80 bits per heavy atom. The number of aliphatic imine (C=N–C) groups is 1. The maximum Gasteiger partial charge on any atom is 0.191 e. The van der Waals surface area contributed by atoms with Crippen LogP contribution in [0, 0.1) is 11.3 Å². The minimum atomic E-state index is -0.112. The van der Waals surface area contributed by atoms with Gasteiger partial charge in [0, 0.05) is 38.1 Å². The van der Waals surface area contributed by atoms with Gasteiger partial charge < -0.3 is 24.8 Å². The number of methoxy groups -OCH3 is 2. The number of ether oxygens (including phenoxy) is 3. The van der Waals surface area contributed by atoms with Gasteiger partial charge in [0.25, 0.3) is 0 Å². The Balaban J connectivity index is 1.97. The molecule has 6 heteroatoms. The second-order valence-electron chi connectivity index (χ2n) is 9.82. The van der Waals surface area contributed by atoms with E-state index in [9.17, 15) is 0 Å². The van der Waals surface area contributed by atoms with E-state index in [1.807, 2.05) is 19.2 Å². The Morgan fingerprint density at radius 1 is 1.10 bits per heavy atom. The minimum Gasteiger partial charge on any atom is -0.493 e. The zero-order valence-corrected chi connectivity index (χ0v) is 20.1. The molecule has 0 radical (unpaired) electrons. The highest BCUT2D eigenvalue weighted by Gasteiger charge is 2.35. The van der Waals surface area contributed by atoms with Crippen molar-refractivity contribution in [3.05, 3.63) is 23.8 Å². The molecule has 1 aromatic rings. The Kier molecular flexibility index (Phi) is 8.42. The summed E-state index contributed by atoms with van der Waals surface area (Å²) in [6.45, 7) is 13.7. The van der Waals surface area contributed by atoms with Gasteiger partial charge >= 0.3 is 0 Å². The van der Waals surface area contributed by atoms with E-state index in [0.717, 1.165) is 43.6 Å². The normalized spacial score (nSPS) is 20.6. The van der Waals surface area contributed by atoms with Gasteiger partial charge in [-0.05, 0) is 36.0 Å². The van der Waals surface area contributed by atoms with Crippen LogP contribution in [-0.2, 0) is 10.2 Å². The number of rotatable bonds is 7. The van der Waals surface area contributed by atoms with E-state index in [1.54, 1.807) is 14.2 Å². The van der Waals surface area contributed by atoms with Gasteiger partial charge in [0.15, 0.2) is 17.5 Å². The lowest BCUT2D eigenvalue weighted by atomic mass is 9.78. The average molecular weight is 420 g/mol. The third kappa shape index (κ3) is 6.27. The number of nitrogens with one attached hydrogen (secondary N) is 2. The van der Waals surface area contributed by atoms with Crippen molar-refractivity contribution in [3.63, 3.8) is 0 Å². The van der Waals surface area contributed by atoms with Crippen LogP contribution in [0.3, 0.4) is 0 Å². The standard InChI is InChI=1S/C24H41N3O3/c1-23(2,3)21-17(10-9-13-30-21)15-26-22(25-6)27-16-24(4,5)18-11-12-19(28-7)20(14-18)29-8/h11-12,14,17,21H,9-10,13,15-16H2,1-8H3,(H2,25,26,27). The molecule has 0 saturated carbocycles. The number of hydrogen-bond donors (Lipinski definition) is 2. The fourth-order valence-corrected chi connectivity index (χ4v) is 4.12. The van der Waals surface area contributed by atoms with Crippen molar-refractivity contribution in [2.24, 2.45) is 16.3 Å². The summed E-state index contributed by atoms with van der Waals surface area (Å²) in [7, 11) is 5.14. The molecule has 1 heterocycles. The van der Waals surface area contributed by atoms with Crippen LogP contribution < -0.4 is 20.1 Å². The molecule has 1 fully saturated rings. The zero-order chi connectivity index (χ0) is 22.4. The van der Waals surface area contributed by atoms with Gasteiger partial charge in [-0.15, -0.1) is 0 Å². The van der Waals surface area contributed by atoms with E-state index in [4.69, 9.17) is 14.2 Å². The molecule has 1 saturated heterocycles. The summed E-state index contributed by atoms with van der Waals surface area (Å²) in [6, 6.07) is 6.09. The van der Waals surface area contributed by atoms with Crippen LogP contribution in [0.1, 0.15) is 53.0 Å². The van der Waals surface area contributed by atoms with E-state index in [2.05, 4.69) is 56.3 Å². The van der Waals surface area contributed by atoms with Crippen LogP contribution in [0.5, 0.6) is 11.5 Å². The van der Waals surface area contributed by atoms with Gasteiger partial charge in [0.2, 0.25) is 0 Å². The van der Waals surface area contributed by atoms with Crippen molar-refractivity contribution in [3.8, 4) is 11.5 Å². The minimum absolute atomic E-state index is 0.112. The first-order valence-electron chi connectivity index (χ1n) is 10.9. The van der Waals surface area contributed by atoms with E-state index >= 15 is 0 Å². The molecular weight excluding hydrogens is 378 g/mol. The summed E-state index contributed by atoms with van der Waals surface area (Å²) < 4.78 is 16.9. The smallest absolute Gasteiger partial charge is 0.191 e. The fourth-order valence-electron chi connectivity index (χ4n) is 4.12. The van der Waals surface area contributed by atoms with Crippen molar-refractivity contribution in [2.45, 2.75) is 59.0 Å². The van der Waals surface area contributed by atoms with Crippen LogP contribution in [0.25, 0.3) is 0 Å². The van der Waals surface area contributed by atoms with Crippen molar-refractivity contribution in [1.29, 1.82) is 0 Å². The molecule has 1 aliphatic heterocycles. The topological polar surface area (TPSA) is 64.1 Å². The largest absolute Gasteiger partial charge is 0.493 e. The molecule has 2 N–H and O–H groups in total. The molecule has 0 aliphatic carbocycles. The van der Waals surface area contributed by atoms with Crippen LogP contribution in [0.4, 0.5) is 0 Å². The summed E-state index contributed by atoms with van der Waals surface area (Å²) in [5, 5.41) is 7.01. The van der Waals surface area contributed by atoms with E-state index in [1.165, 1.54) is 12.0 Å². The predicted molar refractivity (Wildman–Crippen MR) is 124 cm³/mol. The second kappa shape index (κ2) is 10.4. The molecule has 6 nitrogen and oxygen atoms in total. The van der Waals surface area contributed by atoms with Gasteiger partial charge in [-0.2, -0.15) is 0 Å². The van der Waals surface area contributed by atoms with Gasteiger partial charge in [-0.25, -0.2) is 0 Å². The number of hydrogen-bond acceptors (Lipinski definition) is 4. The van der Waals surface area contributed by atoms with E-state index in [0.29, 0.717) is 5.92 Å². The maximum atomic E-state index is 6.11. The second-order valence-corrected chi connectivity index (χ2v) is 9.82. The van der Waals surface area contributed by atoms with Gasteiger partial charge in [-0.1, -0.05) is 40.7 Å². The first-order chi connectivity index (χ1) is 14.1. The molecule has 170 valence electrons. The molecule has 2 atom stereocenters. The monoisotopic (exact) mass is 419 g/mol. The van der Waals surface area contributed by atoms with Crippen molar-refractivity contribution < 1.29 is 14.2 Å². The number of benzene rings is 1. The van der Waals surface area contributed by atoms with Gasteiger partial charge in [-0.3, -0.25) is 4.99 Å². The van der Waals surface area contributed by atoms with E-state index < -0.39 is 0 Å². The quantitative estimate of drug-likeness (QED) is 0.517. The molecule has 0 aromatic heterocycles. The van der Waals surface area contributed by atoms with Gasteiger partial charge in [0.1, 0.15) is 0 Å². The SMILES string of the molecule is CN=C(NCC1CCCOC1C(C)(C)C)NCC(C)(C)c1ccc(OC)c(OC)c1. The Morgan fingerprint density at radius 3 is 2.40 bits per heavy atom. The van der Waals surface area contributed by atoms with Crippen molar-refractivity contribution in [2.75, 3.05) is 41.0 Å². The van der Waals surface area contributed by atoms with E-state index in [-0.39, 0.29) is 16.9 Å². The highest BCUT2D eigenvalue weighted by molar-refractivity contribution is 5.79. The number of guanidine groups is 1. The third-order valence-electron chi connectivity index (χ3n) is 5.92. The Hall–Kier alpha value is -1.95. The van der Waals surface area contributed by atoms with Crippen LogP contribution in [0.2, 0.25) is 0 Å². The zero-order valence-electron chi connectivity index (χ0n) is 20.1. The molecular formula is C24H41N3O3. The summed E-state index contributed by atoms with van der Waals surface area (Å²) in [5.41, 5.74) is 1.20. The van der Waals surface area contributed by atoms with Crippen LogP contribution >= 0.6 is 0 Å². The highest BCUT2D eigenvalue weighted by atomic mass is 16.5. The van der Waals surface area contributed by atoms with Crippen LogP contribution in [0.15, 0.2) is 23.2 Å². The van der Waals surface area contributed by atoms with Crippen molar-refractivity contribution >= 4 is 5.96 Å². The molecule has 2 rings (SSSR count). The summed E-state index contributed by atoms with van der Waals surface area (Å²) >= 11 is 0. The summed E-state index contributed by atoms with van der Waals surface area (Å²) in [5.74, 6) is 2.79. The first kappa shape index (κ1) is 24.3. The predicted octanol–water partition coefficient (Wildman–Crippen LogP) is 3.99. The summed E-state index contributed by atoms with van der Waals surface area (Å²) in [4.78, 5) is 4.43. The molecule has 0 spiro atoms. The fraction of sp³-hybridized carbons (Fsp3) is 0.708. The lowest BCUT2D eigenvalue weighted by molar-refractivity contribution is -0.0835. The average Bonchev–Trinajstić information content (AvgIpc) is 2.72. The Labute approximate surface area is 182 Å². The third-order valence-corrected chi connectivity index (χ3v) is 5.92. The molecule has 1 aromatic carbocycles.